The molecule has 0 unspecified atom stereocenters. The molecule has 0 bridgehead atoms. The third-order valence-electron chi connectivity index (χ3n) is 2.56. The van der Waals surface area contributed by atoms with Crippen LogP contribution in [-0.2, 0) is 10.0 Å². The zero-order valence-corrected chi connectivity index (χ0v) is 12.3. The number of nitrogens with zero attached hydrogens (tertiary/aromatic N) is 3. The second-order valence-corrected chi connectivity index (χ2v) is 6.80. The molecule has 106 valence electrons. The van der Waals surface area contributed by atoms with E-state index in [1.165, 1.54) is 36.6 Å². The molecule has 1 aromatic heterocycles. The predicted octanol–water partition coefficient (Wildman–Crippen LogP) is 2.18. The van der Waals surface area contributed by atoms with Crippen LogP contribution in [-0.4, -0.2) is 25.4 Å². The summed E-state index contributed by atoms with van der Waals surface area (Å²) in [6, 6.07) is 4.93. The molecule has 0 fully saturated rings. The zero-order valence-electron chi connectivity index (χ0n) is 10.7. The lowest BCUT2D eigenvalue weighted by Crippen LogP contribution is -2.26. The van der Waals surface area contributed by atoms with Crippen LogP contribution in [0.1, 0.15) is 5.69 Å². The van der Waals surface area contributed by atoms with E-state index in [4.69, 9.17) is 0 Å². The fraction of sp³-hybridized carbons (Fsp3) is 0.182. The fourth-order valence-electron chi connectivity index (χ4n) is 1.50. The van der Waals surface area contributed by atoms with Gasteiger partial charge in [0.15, 0.2) is 5.13 Å². The van der Waals surface area contributed by atoms with Gasteiger partial charge in [-0.3, -0.25) is 10.1 Å². The quantitative estimate of drug-likeness (QED) is 0.637. The monoisotopic (exact) mass is 313 g/mol. The summed E-state index contributed by atoms with van der Waals surface area (Å²) in [6.07, 6.45) is 0. The van der Waals surface area contributed by atoms with Crippen LogP contribution in [0.5, 0.6) is 0 Å². The summed E-state index contributed by atoms with van der Waals surface area (Å²) in [7, 11) is -2.49. The van der Waals surface area contributed by atoms with Crippen molar-refractivity contribution in [2.24, 2.45) is 0 Å². The minimum absolute atomic E-state index is 0.137. The number of nitro groups is 1. The smallest absolute Gasteiger partial charge is 0.258 e. The molecule has 0 saturated carbocycles. The molecule has 0 N–H and O–H groups in total. The summed E-state index contributed by atoms with van der Waals surface area (Å²) in [5.41, 5.74) is 0.445. The molecule has 0 aliphatic carbocycles. The molecular formula is C11H11N3O4S2. The molecule has 2 aromatic rings. The highest BCUT2D eigenvalue weighted by atomic mass is 32.2. The van der Waals surface area contributed by atoms with Gasteiger partial charge in [-0.2, -0.15) is 0 Å². The number of non-ortho nitro benzene ring substituents is 1. The third-order valence-corrected chi connectivity index (χ3v) is 5.46. The van der Waals surface area contributed by atoms with Crippen molar-refractivity contribution in [3.8, 4) is 0 Å². The van der Waals surface area contributed by atoms with E-state index in [0.717, 1.165) is 10.4 Å². The Bertz CT molecular complexity index is 755. The maximum atomic E-state index is 12.4. The molecule has 2 rings (SSSR count). The number of sulfonamides is 1. The number of aryl methyl sites for hydroxylation is 1. The zero-order chi connectivity index (χ0) is 14.9. The van der Waals surface area contributed by atoms with Crippen molar-refractivity contribution < 1.29 is 13.3 Å². The third kappa shape index (κ3) is 2.63. The summed E-state index contributed by atoms with van der Waals surface area (Å²) in [6.45, 7) is 1.76. The first-order valence-corrected chi connectivity index (χ1v) is 7.80. The molecule has 0 aliphatic heterocycles. The van der Waals surface area contributed by atoms with Crippen LogP contribution < -0.4 is 4.31 Å². The summed E-state index contributed by atoms with van der Waals surface area (Å²) >= 11 is 1.19. The van der Waals surface area contributed by atoms with Gasteiger partial charge in [-0.1, -0.05) is 6.07 Å². The van der Waals surface area contributed by atoms with Crippen LogP contribution >= 0.6 is 11.3 Å². The standard InChI is InChI=1S/C11H11N3O4S2/c1-8-7-19-11(12-8)13(2)20(17,18)10-5-3-4-9(6-10)14(15)16/h3-7H,1-2H3. The number of thiazole rings is 1. The number of nitro benzene ring substituents is 1. The van der Waals surface area contributed by atoms with Gasteiger partial charge >= 0.3 is 0 Å². The predicted molar refractivity (Wildman–Crippen MR) is 75.5 cm³/mol. The number of benzene rings is 1. The number of rotatable bonds is 4. The summed E-state index contributed by atoms with van der Waals surface area (Å²) < 4.78 is 25.8. The maximum absolute atomic E-state index is 12.4. The molecule has 1 aromatic carbocycles. The van der Waals surface area contributed by atoms with Crippen molar-refractivity contribution in [1.82, 2.24) is 4.98 Å². The van der Waals surface area contributed by atoms with E-state index in [1.807, 2.05) is 0 Å². The summed E-state index contributed by atoms with van der Waals surface area (Å²) in [5.74, 6) is 0. The van der Waals surface area contributed by atoms with E-state index in [0.29, 0.717) is 10.8 Å². The van der Waals surface area contributed by atoms with Crippen molar-refractivity contribution in [2.45, 2.75) is 11.8 Å². The molecule has 0 atom stereocenters. The Morgan fingerprint density at radius 3 is 2.65 bits per heavy atom. The highest BCUT2D eigenvalue weighted by Crippen LogP contribution is 2.26. The van der Waals surface area contributed by atoms with Gasteiger partial charge in [0, 0.05) is 24.6 Å². The van der Waals surface area contributed by atoms with Crippen LogP contribution in [0.4, 0.5) is 10.8 Å². The highest BCUT2D eigenvalue weighted by molar-refractivity contribution is 7.93. The van der Waals surface area contributed by atoms with Gasteiger partial charge in [0.05, 0.1) is 15.5 Å². The molecule has 0 aliphatic rings. The lowest BCUT2D eigenvalue weighted by molar-refractivity contribution is -0.385. The van der Waals surface area contributed by atoms with Crippen LogP contribution in [0.15, 0.2) is 34.5 Å². The lowest BCUT2D eigenvalue weighted by Gasteiger charge is -2.15. The van der Waals surface area contributed by atoms with Gasteiger partial charge in [-0.15, -0.1) is 11.3 Å². The lowest BCUT2D eigenvalue weighted by atomic mass is 10.3. The van der Waals surface area contributed by atoms with E-state index in [9.17, 15) is 18.5 Å². The Morgan fingerprint density at radius 1 is 1.40 bits per heavy atom. The van der Waals surface area contributed by atoms with E-state index in [1.54, 1.807) is 12.3 Å². The highest BCUT2D eigenvalue weighted by Gasteiger charge is 2.25. The van der Waals surface area contributed by atoms with Gasteiger partial charge in [-0.05, 0) is 13.0 Å². The topological polar surface area (TPSA) is 93.4 Å². The molecule has 0 saturated heterocycles. The Morgan fingerprint density at radius 2 is 2.10 bits per heavy atom. The van der Waals surface area contributed by atoms with Crippen LogP contribution in [0.2, 0.25) is 0 Å². The second-order valence-electron chi connectivity index (χ2n) is 4.00. The van der Waals surface area contributed by atoms with Gasteiger partial charge < -0.3 is 0 Å². The van der Waals surface area contributed by atoms with Crippen molar-refractivity contribution >= 4 is 32.2 Å². The van der Waals surface area contributed by atoms with Crippen molar-refractivity contribution in [3.63, 3.8) is 0 Å². The van der Waals surface area contributed by atoms with Gasteiger partial charge in [0.2, 0.25) is 0 Å². The van der Waals surface area contributed by atoms with Gasteiger partial charge in [0.25, 0.3) is 15.7 Å². The number of hydrogen-bond donors (Lipinski definition) is 0. The first-order valence-electron chi connectivity index (χ1n) is 5.48. The molecule has 1 heterocycles. The van der Waals surface area contributed by atoms with Crippen LogP contribution in [0.3, 0.4) is 0 Å². The summed E-state index contributed by atoms with van der Waals surface area (Å²) in [5, 5.41) is 12.8. The Kier molecular flexibility index (Phi) is 3.73. The van der Waals surface area contributed by atoms with Crippen molar-refractivity contribution in [3.05, 3.63) is 45.5 Å². The number of aromatic nitrogens is 1. The van der Waals surface area contributed by atoms with Crippen LogP contribution in [0.25, 0.3) is 0 Å². The molecule has 20 heavy (non-hydrogen) atoms. The summed E-state index contributed by atoms with van der Waals surface area (Å²) in [4.78, 5) is 14.0. The van der Waals surface area contributed by atoms with E-state index in [2.05, 4.69) is 4.98 Å². The van der Waals surface area contributed by atoms with E-state index in [-0.39, 0.29) is 10.6 Å². The minimum atomic E-state index is -3.86. The Balaban J connectivity index is 2.44. The van der Waals surface area contributed by atoms with Gasteiger partial charge in [-0.25, -0.2) is 17.7 Å². The number of anilines is 1. The molecule has 7 nitrogen and oxygen atoms in total. The van der Waals surface area contributed by atoms with Crippen molar-refractivity contribution in [2.75, 3.05) is 11.4 Å². The van der Waals surface area contributed by atoms with Crippen molar-refractivity contribution in [1.29, 1.82) is 0 Å². The fourth-order valence-corrected chi connectivity index (χ4v) is 3.68. The van der Waals surface area contributed by atoms with E-state index >= 15 is 0 Å². The SMILES string of the molecule is Cc1csc(N(C)S(=O)(=O)c2cccc([N+](=O)[O-])c2)n1. The average molecular weight is 313 g/mol. The van der Waals surface area contributed by atoms with Gasteiger partial charge in [0.1, 0.15) is 0 Å². The maximum Gasteiger partial charge on any atom is 0.270 e. The largest absolute Gasteiger partial charge is 0.270 e. The average Bonchev–Trinajstić information content (AvgIpc) is 2.84. The van der Waals surface area contributed by atoms with E-state index < -0.39 is 14.9 Å². The normalized spacial score (nSPS) is 11.3. The first kappa shape index (κ1) is 14.4. The minimum Gasteiger partial charge on any atom is -0.258 e. The molecule has 0 amide bonds. The molecule has 0 spiro atoms. The Labute approximate surface area is 119 Å². The molecule has 9 heteroatoms. The molecular weight excluding hydrogens is 302 g/mol. The van der Waals surface area contributed by atoms with Crippen LogP contribution in [0, 0.1) is 17.0 Å². The Hall–Kier alpha value is -2.00. The first-order chi connectivity index (χ1) is 9.32. The second kappa shape index (κ2) is 5.17. The number of hydrogen-bond acceptors (Lipinski definition) is 6. The molecule has 0 radical (unpaired) electrons.